The van der Waals surface area contributed by atoms with Gasteiger partial charge in [0.05, 0.1) is 17.5 Å². The third-order valence-corrected chi connectivity index (χ3v) is 9.21. The van der Waals surface area contributed by atoms with Crippen molar-refractivity contribution in [2.24, 2.45) is 5.16 Å². The Labute approximate surface area is 231 Å². The normalized spacial score (nSPS) is 25.9. The number of oxime groups is 1. The first-order chi connectivity index (χ1) is 19.1. The highest BCUT2D eigenvalue weighted by Crippen LogP contribution is 2.42. The Kier molecular flexibility index (Phi) is 9.32. The molecule has 5 rings (SSSR count). The maximum Gasteiger partial charge on any atom is 0.303 e. The summed E-state index contributed by atoms with van der Waals surface area (Å²) in [5.74, 6) is -0.944. The Hall–Kier alpha value is -2.74. The SMILES string of the molecule is CO/N=C(\CCC(=O)O)c1nc2ccccc2n(C2CC3CCC[C@H](C2)N3C2CCCCCCCCC2)c1=O. The van der Waals surface area contributed by atoms with E-state index in [0.29, 0.717) is 23.8 Å². The maximum absolute atomic E-state index is 14.1. The number of aliphatic carboxylic acids is 1. The summed E-state index contributed by atoms with van der Waals surface area (Å²) in [6.45, 7) is 0. The lowest BCUT2D eigenvalue weighted by atomic mass is 9.79. The van der Waals surface area contributed by atoms with Crippen LogP contribution in [0.15, 0.2) is 34.2 Å². The lowest BCUT2D eigenvalue weighted by Crippen LogP contribution is -2.57. The Morgan fingerprint density at radius 2 is 1.51 bits per heavy atom. The van der Waals surface area contributed by atoms with Crippen molar-refractivity contribution in [1.29, 1.82) is 0 Å². The number of nitrogens with zero attached hydrogens (tertiary/aromatic N) is 4. The average Bonchev–Trinajstić information content (AvgIpc) is 2.93. The predicted octanol–water partition coefficient (Wildman–Crippen LogP) is 6.06. The minimum atomic E-state index is -0.944. The highest BCUT2D eigenvalue weighted by molar-refractivity contribution is 6.00. The van der Waals surface area contributed by atoms with Gasteiger partial charge in [-0.05, 0) is 50.7 Å². The highest BCUT2D eigenvalue weighted by atomic mass is 16.6. The van der Waals surface area contributed by atoms with E-state index in [0.717, 1.165) is 23.9 Å². The second-order valence-electron chi connectivity index (χ2n) is 11.8. The molecule has 8 nitrogen and oxygen atoms in total. The van der Waals surface area contributed by atoms with Crippen LogP contribution in [-0.2, 0) is 9.63 Å². The Bertz CT molecular complexity index is 1200. The zero-order chi connectivity index (χ0) is 27.2. The lowest BCUT2D eigenvalue weighted by molar-refractivity contribution is -0.136. The van der Waals surface area contributed by atoms with Gasteiger partial charge in [-0.15, -0.1) is 0 Å². The smallest absolute Gasteiger partial charge is 0.303 e. The van der Waals surface area contributed by atoms with Crippen LogP contribution in [0, 0.1) is 0 Å². The molecule has 3 atom stereocenters. The van der Waals surface area contributed by atoms with Gasteiger partial charge in [0.1, 0.15) is 12.8 Å². The van der Waals surface area contributed by atoms with Crippen LogP contribution in [0.4, 0.5) is 0 Å². The largest absolute Gasteiger partial charge is 0.481 e. The number of benzene rings is 1. The first kappa shape index (κ1) is 27.8. The second kappa shape index (κ2) is 13.1. The molecule has 2 aromatic rings. The standard InChI is InChI=1S/C31H44N4O4/c1-39-33-27(18-19-29(36)37)30-31(38)35(28-17-10-9-16-26(28)32-30)25-20-23-14-11-15-24(21-25)34(23)22-12-7-5-3-2-4-6-8-13-22/h9-10,16-17,22-25H,2-8,11-15,18-21H2,1H3,(H,36,37)/b33-27+/t23-,24?,25?/m1/s1. The van der Waals surface area contributed by atoms with E-state index in [4.69, 9.17) is 4.84 Å². The molecule has 0 amide bonds. The molecule has 2 saturated heterocycles. The number of rotatable bonds is 7. The third-order valence-electron chi connectivity index (χ3n) is 9.21. The van der Waals surface area contributed by atoms with E-state index in [1.807, 2.05) is 28.8 Å². The molecule has 8 heteroatoms. The van der Waals surface area contributed by atoms with Crippen molar-refractivity contribution in [3.8, 4) is 0 Å². The van der Waals surface area contributed by atoms with Gasteiger partial charge in [-0.25, -0.2) is 4.98 Å². The summed E-state index contributed by atoms with van der Waals surface area (Å²) in [5.41, 5.74) is 1.88. The van der Waals surface area contributed by atoms with Gasteiger partial charge in [0.2, 0.25) is 0 Å². The molecule has 0 spiro atoms. The minimum Gasteiger partial charge on any atom is -0.481 e. The van der Waals surface area contributed by atoms with Gasteiger partial charge >= 0.3 is 5.97 Å². The molecule has 2 unspecified atom stereocenters. The molecule has 212 valence electrons. The molecule has 1 N–H and O–H groups in total. The third kappa shape index (κ3) is 6.37. The minimum absolute atomic E-state index is 0.0819. The molecule has 0 radical (unpaired) electrons. The Morgan fingerprint density at radius 3 is 2.15 bits per heavy atom. The van der Waals surface area contributed by atoms with Crippen molar-refractivity contribution >= 4 is 22.7 Å². The maximum atomic E-state index is 14.1. The monoisotopic (exact) mass is 536 g/mol. The number of para-hydroxylation sites is 2. The number of carbonyl (C=O) groups is 1. The number of hydrogen-bond donors (Lipinski definition) is 1. The van der Waals surface area contributed by atoms with Crippen molar-refractivity contribution in [2.45, 2.75) is 127 Å². The van der Waals surface area contributed by atoms with Crippen molar-refractivity contribution in [3.63, 3.8) is 0 Å². The van der Waals surface area contributed by atoms with Crippen LogP contribution in [0.5, 0.6) is 0 Å². The first-order valence-electron chi connectivity index (χ1n) is 15.2. The summed E-state index contributed by atoms with van der Waals surface area (Å²) in [5, 5.41) is 13.3. The quantitative estimate of drug-likeness (QED) is 0.341. The summed E-state index contributed by atoms with van der Waals surface area (Å²) >= 11 is 0. The number of piperidine rings is 2. The van der Waals surface area contributed by atoms with Gasteiger partial charge in [0, 0.05) is 30.6 Å². The lowest BCUT2D eigenvalue weighted by Gasteiger charge is -2.53. The van der Waals surface area contributed by atoms with E-state index in [1.165, 1.54) is 84.2 Å². The van der Waals surface area contributed by atoms with Crippen LogP contribution in [0.1, 0.15) is 114 Å². The first-order valence-corrected chi connectivity index (χ1v) is 15.2. The van der Waals surface area contributed by atoms with Crippen LogP contribution >= 0.6 is 0 Å². The average molecular weight is 537 g/mol. The van der Waals surface area contributed by atoms with Crippen molar-refractivity contribution in [3.05, 3.63) is 40.3 Å². The van der Waals surface area contributed by atoms with Crippen molar-refractivity contribution < 1.29 is 14.7 Å². The van der Waals surface area contributed by atoms with Crippen molar-refractivity contribution in [2.75, 3.05) is 7.11 Å². The molecular formula is C31H44N4O4. The van der Waals surface area contributed by atoms with Gasteiger partial charge in [0.25, 0.3) is 5.56 Å². The molecule has 39 heavy (non-hydrogen) atoms. The number of carboxylic acids is 1. The highest BCUT2D eigenvalue weighted by Gasteiger charge is 2.42. The fourth-order valence-corrected chi connectivity index (χ4v) is 7.53. The summed E-state index contributed by atoms with van der Waals surface area (Å²) < 4.78 is 1.96. The fraction of sp³-hybridized carbons (Fsp3) is 0.677. The molecule has 3 aliphatic rings. The van der Waals surface area contributed by atoms with Crippen LogP contribution < -0.4 is 5.56 Å². The van der Waals surface area contributed by atoms with Gasteiger partial charge in [-0.1, -0.05) is 68.7 Å². The number of hydrogen-bond acceptors (Lipinski definition) is 6. The number of carboxylic acid groups (broad SMARTS) is 1. The zero-order valence-electron chi connectivity index (χ0n) is 23.4. The fourth-order valence-electron chi connectivity index (χ4n) is 7.53. The van der Waals surface area contributed by atoms with Crippen LogP contribution in [0.25, 0.3) is 11.0 Å². The molecule has 2 aliphatic heterocycles. The summed E-state index contributed by atoms with van der Waals surface area (Å²) in [7, 11) is 1.41. The molecule has 1 aromatic heterocycles. The van der Waals surface area contributed by atoms with E-state index < -0.39 is 5.97 Å². The predicted molar refractivity (Wildman–Crippen MR) is 153 cm³/mol. The van der Waals surface area contributed by atoms with E-state index in [-0.39, 0.29) is 30.1 Å². The molecular weight excluding hydrogens is 492 g/mol. The van der Waals surface area contributed by atoms with Gasteiger partial charge in [-0.2, -0.15) is 0 Å². The van der Waals surface area contributed by atoms with E-state index in [2.05, 4.69) is 15.0 Å². The summed E-state index contributed by atoms with van der Waals surface area (Å²) in [4.78, 5) is 38.0. The number of fused-ring (bicyclic) bond motifs is 3. The van der Waals surface area contributed by atoms with E-state index >= 15 is 0 Å². The second-order valence-corrected chi connectivity index (χ2v) is 11.8. The van der Waals surface area contributed by atoms with Gasteiger partial charge in [0.15, 0.2) is 5.69 Å². The molecule has 1 aliphatic carbocycles. The molecule has 1 aromatic carbocycles. The topological polar surface area (TPSA) is 97.0 Å². The summed E-state index contributed by atoms with van der Waals surface area (Å²) in [6, 6.07) is 9.54. The Morgan fingerprint density at radius 1 is 0.897 bits per heavy atom. The number of aromatic nitrogens is 2. The van der Waals surface area contributed by atoms with Crippen LogP contribution in [0.2, 0.25) is 0 Å². The van der Waals surface area contributed by atoms with Gasteiger partial charge < -0.3 is 14.5 Å². The van der Waals surface area contributed by atoms with Gasteiger partial charge in [-0.3, -0.25) is 14.5 Å². The molecule has 3 fully saturated rings. The van der Waals surface area contributed by atoms with Crippen molar-refractivity contribution in [1.82, 2.24) is 14.5 Å². The van der Waals surface area contributed by atoms with E-state index in [9.17, 15) is 14.7 Å². The Balaban J connectivity index is 1.48. The van der Waals surface area contributed by atoms with E-state index in [1.54, 1.807) is 0 Å². The molecule has 2 bridgehead atoms. The van der Waals surface area contributed by atoms with Crippen LogP contribution in [0.3, 0.4) is 0 Å². The molecule has 3 heterocycles. The van der Waals surface area contributed by atoms with Crippen LogP contribution in [-0.4, -0.2) is 56.5 Å². The molecule has 1 saturated carbocycles. The zero-order valence-corrected chi connectivity index (χ0v) is 23.4. The summed E-state index contributed by atoms with van der Waals surface area (Å²) in [6.07, 6.45) is 17.7.